The van der Waals surface area contributed by atoms with Crippen LogP contribution in [0.3, 0.4) is 0 Å². The molecule has 0 aliphatic rings. The Morgan fingerprint density at radius 3 is 2.24 bits per heavy atom. The van der Waals surface area contributed by atoms with Crippen molar-refractivity contribution in [3.63, 3.8) is 0 Å². The van der Waals surface area contributed by atoms with Crippen LogP contribution < -0.4 is 11.1 Å². The van der Waals surface area contributed by atoms with Gasteiger partial charge in [-0.1, -0.05) is 49.1 Å². The molecule has 0 fully saturated rings. The molecule has 2 aromatic carbocycles. The molecule has 21 heavy (non-hydrogen) atoms. The second-order valence-electron chi connectivity index (χ2n) is 4.54. The first-order valence-electron chi connectivity index (χ1n) is 6.50. The second-order valence-corrected chi connectivity index (χ2v) is 4.54. The maximum atomic E-state index is 12.1. The number of amides is 2. The van der Waals surface area contributed by atoms with Crippen LogP contribution in [0.5, 0.6) is 0 Å². The summed E-state index contributed by atoms with van der Waals surface area (Å²) in [6.07, 6.45) is 1.76. The highest BCUT2D eigenvalue weighted by Crippen LogP contribution is 2.09. The van der Waals surface area contributed by atoms with Crippen LogP contribution in [0.15, 0.2) is 55.1 Å². The number of nitrogens with one attached hydrogen (secondary N) is 1. The van der Waals surface area contributed by atoms with Gasteiger partial charge >= 0.3 is 0 Å². The number of carbonyl (C=O) groups excluding carboxylic acids is 2. The standard InChI is InChI=1S/C17H16N2O2/c1-2-12-7-9-13(10-8-12)11-19-17(21)15-6-4-3-5-14(15)16(18)20/h2-10H,1,11H2,(H2,18,20)(H,19,21). The maximum absolute atomic E-state index is 12.1. The highest BCUT2D eigenvalue weighted by atomic mass is 16.2. The molecule has 0 atom stereocenters. The molecule has 0 saturated heterocycles. The molecule has 3 N–H and O–H groups in total. The van der Waals surface area contributed by atoms with Crippen molar-refractivity contribution >= 4 is 17.9 Å². The van der Waals surface area contributed by atoms with Gasteiger partial charge in [-0.2, -0.15) is 0 Å². The van der Waals surface area contributed by atoms with E-state index in [1.807, 2.05) is 24.3 Å². The number of carbonyl (C=O) groups is 2. The van der Waals surface area contributed by atoms with Crippen LogP contribution in [0.4, 0.5) is 0 Å². The highest BCUT2D eigenvalue weighted by Gasteiger charge is 2.13. The van der Waals surface area contributed by atoms with E-state index in [9.17, 15) is 9.59 Å². The van der Waals surface area contributed by atoms with E-state index >= 15 is 0 Å². The van der Waals surface area contributed by atoms with Gasteiger partial charge in [-0.3, -0.25) is 9.59 Å². The van der Waals surface area contributed by atoms with Gasteiger partial charge in [0.2, 0.25) is 5.91 Å². The van der Waals surface area contributed by atoms with E-state index in [0.717, 1.165) is 11.1 Å². The van der Waals surface area contributed by atoms with Gasteiger partial charge in [-0.05, 0) is 23.3 Å². The third-order valence-electron chi connectivity index (χ3n) is 3.11. The zero-order valence-electron chi connectivity index (χ0n) is 11.5. The summed E-state index contributed by atoms with van der Waals surface area (Å²) < 4.78 is 0. The summed E-state index contributed by atoms with van der Waals surface area (Å²) in [6.45, 7) is 4.07. The summed E-state index contributed by atoms with van der Waals surface area (Å²) in [5.74, 6) is -0.937. The summed E-state index contributed by atoms with van der Waals surface area (Å²) in [5, 5.41) is 2.78. The molecule has 0 saturated carbocycles. The van der Waals surface area contributed by atoms with Gasteiger partial charge in [0, 0.05) is 6.54 Å². The minimum absolute atomic E-state index is 0.219. The summed E-state index contributed by atoms with van der Waals surface area (Å²) in [4.78, 5) is 23.4. The maximum Gasteiger partial charge on any atom is 0.252 e. The summed E-state index contributed by atoms with van der Waals surface area (Å²) in [5.41, 5.74) is 7.75. The zero-order chi connectivity index (χ0) is 15.2. The molecule has 0 unspecified atom stereocenters. The zero-order valence-corrected chi connectivity index (χ0v) is 11.5. The molecular formula is C17H16N2O2. The van der Waals surface area contributed by atoms with Gasteiger partial charge in [0.25, 0.3) is 5.91 Å². The molecule has 2 aromatic rings. The van der Waals surface area contributed by atoms with Crippen molar-refractivity contribution in [3.05, 3.63) is 77.4 Å². The lowest BCUT2D eigenvalue weighted by Crippen LogP contribution is -2.26. The van der Waals surface area contributed by atoms with Crippen LogP contribution in [-0.2, 0) is 6.54 Å². The van der Waals surface area contributed by atoms with Crippen molar-refractivity contribution in [2.24, 2.45) is 5.73 Å². The van der Waals surface area contributed by atoms with Crippen molar-refractivity contribution in [2.45, 2.75) is 6.54 Å². The number of rotatable bonds is 5. The lowest BCUT2D eigenvalue weighted by Gasteiger charge is -2.08. The quantitative estimate of drug-likeness (QED) is 0.882. The Hall–Kier alpha value is -2.88. The Kier molecular flexibility index (Phi) is 4.51. The molecule has 4 nitrogen and oxygen atoms in total. The number of primary amides is 1. The molecule has 0 aliphatic heterocycles. The Morgan fingerprint density at radius 2 is 1.67 bits per heavy atom. The van der Waals surface area contributed by atoms with E-state index in [1.54, 1.807) is 24.3 Å². The van der Waals surface area contributed by atoms with E-state index in [0.29, 0.717) is 6.54 Å². The van der Waals surface area contributed by atoms with Crippen LogP contribution >= 0.6 is 0 Å². The van der Waals surface area contributed by atoms with E-state index in [2.05, 4.69) is 11.9 Å². The topological polar surface area (TPSA) is 72.2 Å². The fourth-order valence-electron chi connectivity index (χ4n) is 1.95. The fourth-order valence-corrected chi connectivity index (χ4v) is 1.95. The first-order chi connectivity index (χ1) is 10.1. The second kappa shape index (κ2) is 6.52. The van der Waals surface area contributed by atoms with E-state index in [1.165, 1.54) is 6.07 Å². The predicted octanol–water partition coefficient (Wildman–Crippen LogP) is 2.36. The average Bonchev–Trinajstić information content (AvgIpc) is 2.53. The van der Waals surface area contributed by atoms with Crippen molar-refractivity contribution in [2.75, 3.05) is 0 Å². The van der Waals surface area contributed by atoms with Gasteiger partial charge < -0.3 is 11.1 Å². The van der Waals surface area contributed by atoms with Crippen molar-refractivity contribution < 1.29 is 9.59 Å². The molecule has 0 bridgehead atoms. The van der Waals surface area contributed by atoms with Gasteiger partial charge in [-0.15, -0.1) is 0 Å². The van der Waals surface area contributed by atoms with Crippen LogP contribution in [0.2, 0.25) is 0 Å². The molecule has 0 radical (unpaired) electrons. The Labute approximate surface area is 123 Å². The average molecular weight is 280 g/mol. The number of benzene rings is 2. The summed E-state index contributed by atoms with van der Waals surface area (Å²) >= 11 is 0. The van der Waals surface area contributed by atoms with Gasteiger partial charge in [-0.25, -0.2) is 0 Å². The van der Waals surface area contributed by atoms with Crippen molar-refractivity contribution in [1.29, 1.82) is 0 Å². The van der Waals surface area contributed by atoms with E-state index < -0.39 is 5.91 Å². The van der Waals surface area contributed by atoms with Crippen molar-refractivity contribution in [1.82, 2.24) is 5.32 Å². The fraction of sp³-hybridized carbons (Fsp3) is 0.0588. The van der Waals surface area contributed by atoms with Gasteiger partial charge in [0.05, 0.1) is 11.1 Å². The molecule has 0 aliphatic carbocycles. The number of hydrogen-bond donors (Lipinski definition) is 2. The Bertz CT molecular complexity index is 675. The lowest BCUT2D eigenvalue weighted by molar-refractivity contribution is 0.0934. The lowest BCUT2D eigenvalue weighted by atomic mass is 10.1. The van der Waals surface area contributed by atoms with E-state index in [4.69, 9.17) is 5.73 Å². The number of nitrogens with two attached hydrogens (primary N) is 1. The van der Waals surface area contributed by atoms with Crippen LogP contribution in [0.1, 0.15) is 31.8 Å². The molecule has 0 aromatic heterocycles. The molecule has 4 heteroatoms. The largest absolute Gasteiger partial charge is 0.366 e. The van der Waals surface area contributed by atoms with Gasteiger partial charge in [0.1, 0.15) is 0 Å². The molecule has 2 amide bonds. The summed E-state index contributed by atoms with van der Waals surface area (Å²) in [6, 6.07) is 14.2. The van der Waals surface area contributed by atoms with Crippen LogP contribution in [-0.4, -0.2) is 11.8 Å². The smallest absolute Gasteiger partial charge is 0.252 e. The SMILES string of the molecule is C=Cc1ccc(CNC(=O)c2ccccc2C(N)=O)cc1. The van der Waals surface area contributed by atoms with Crippen LogP contribution in [0.25, 0.3) is 6.08 Å². The van der Waals surface area contributed by atoms with Crippen LogP contribution in [0, 0.1) is 0 Å². The predicted molar refractivity (Wildman–Crippen MR) is 82.7 cm³/mol. The highest BCUT2D eigenvalue weighted by molar-refractivity contribution is 6.06. The minimum Gasteiger partial charge on any atom is -0.366 e. The molecule has 2 rings (SSSR count). The Balaban J connectivity index is 2.08. The number of hydrogen-bond acceptors (Lipinski definition) is 2. The van der Waals surface area contributed by atoms with E-state index in [-0.39, 0.29) is 17.0 Å². The first kappa shape index (κ1) is 14.5. The normalized spacial score (nSPS) is 9.90. The third kappa shape index (κ3) is 3.57. The third-order valence-corrected chi connectivity index (χ3v) is 3.11. The monoisotopic (exact) mass is 280 g/mol. The first-order valence-corrected chi connectivity index (χ1v) is 6.50. The molecular weight excluding hydrogens is 264 g/mol. The molecule has 0 heterocycles. The minimum atomic E-state index is -0.615. The van der Waals surface area contributed by atoms with Crippen molar-refractivity contribution in [3.8, 4) is 0 Å². The summed E-state index contributed by atoms with van der Waals surface area (Å²) in [7, 11) is 0. The Morgan fingerprint density at radius 1 is 1.05 bits per heavy atom. The van der Waals surface area contributed by atoms with Gasteiger partial charge in [0.15, 0.2) is 0 Å². The molecule has 0 spiro atoms. The molecule has 106 valence electrons.